The number of hydrogen-bond donors (Lipinski definition) is 3. The number of benzene rings is 1. The molecule has 1 aromatic carbocycles. The minimum absolute atomic E-state index is 0.115. The van der Waals surface area contributed by atoms with Crippen molar-refractivity contribution >= 4 is 72.2 Å². The Morgan fingerprint density at radius 2 is 2.10 bits per heavy atom. The zero-order valence-electron chi connectivity index (χ0n) is 10.2. The zero-order valence-corrected chi connectivity index (χ0v) is 15.0. The Kier molecular flexibility index (Phi) is 5.26. The molecule has 1 heterocycles. The summed E-state index contributed by atoms with van der Waals surface area (Å²) in [5, 5.41) is 14.8. The van der Waals surface area contributed by atoms with Crippen LogP contribution in [-0.4, -0.2) is 17.0 Å². The molecule has 5 nitrogen and oxygen atoms in total. The first kappa shape index (κ1) is 16.3. The normalized spacial score (nSPS) is 11.5. The number of anilines is 1. The first-order valence-electron chi connectivity index (χ1n) is 5.46. The average Bonchev–Trinajstić information content (AvgIpc) is 2.78. The number of oxime groups is 1. The Bertz CT molecular complexity index is 714. The largest absolute Gasteiger partial charge is 0.409 e. The van der Waals surface area contributed by atoms with Crippen molar-refractivity contribution in [3.63, 3.8) is 0 Å². The summed E-state index contributed by atoms with van der Waals surface area (Å²) >= 11 is 13.8. The van der Waals surface area contributed by atoms with Crippen LogP contribution in [0.4, 0.5) is 5.69 Å². The lowest BCUT2D eigenvalue weighted by Gasteiger charge is -2.09. The van der Waals surface area contributed by atoms with E-state index in [9.17, 15) is 4.79 Å². The van der Waals surface area contributed by atoms with Gasteiger partial charge in [-0.2, -0.15) is 0 Å². The summed E-state index contributed by atoms with van der Waals surface area (Å²) in [5.41, 5.74) is 6.32. The number of nitrogens with two attached hydrogens (primary N) is 1. The third kappa shape index (κ3) is 3.76. The second-order valence-corrected chi connectivity index (χ2v) is 7.52. The maximum atomic E-state index is 12.2. The highest BCUT2D eigenvalue weighted by molar-refractivity contribution is 9.13. The van der Waals surface area contributed by atoms with Gasteiger partial charge >= 0.3 is 0 Å². The number of rotatable bonds is 3. The van der Waals surface area contributed by atoms with Gasteiger partial charge in [-0.25, -0.2) is 0 Å². The lowest BCUT2D eigenvalue weighted by atomic mass is 10.1. The van der Waals surface area contributed by atoms with Gasteiger partial charge in [-0.05, 0) is 56.1 Å². The molecule has 110 valence electrons. The summed E-state index contributed by atoms with van der Waals surface area (Å²) in [6.07, 6.45) is 0. The van der Waals surface area contributed by atoms with Crippen LogP contribution in [0.3, 0.4) is 0 Å². The summed E-state index contributed by atoms with van der Waals surface area (Å²) in [4.78, 5) is 12.7. The maximum Gasteiger partial charge on any atom is 0.265 e. The zero-order chi connectivity index (χ0) is 15.6. The predicted octanol–water partition coefficient (Wildman–Crippen LogP) is 4.27. The SMILES string of the molecule is N/C(=N/O)c1ccc(Cl)cc1NC(=O)c1cc(Br)c(Br)s1. The van der Waals surface area contributed by atoms with Gasteiger partial charge in [0.2, 0.25) is 0 Å². The molecule has 2 rings (SSSR count). The van der Waals surface area contributed by atoms with Gasteiger partial charge in [-0.1, -0.05) is 16.8 Å². The molecule has 0 bridgehead atoms. The van der Waals surface area contributed by atoms with Crippen LogP contribution in [0, 0.1) is 0 Å². The Hall–Kier alpha value is -1.09. The molecular weight excluding hydrogens is 445 g/mol. The van der Waals surface area contributed by atoms with E-state index in [2.05, 4.69) is 42.3 Å². The Labute approximate surface area is 146 Å². The van der Waals surface area contributed by atoms with Crippen LogP contribution in [0.1, 0.15) is 15.2 Å². The van der Waals surface area contributed by atoms with Crippen molar-refractivity contribution in [2.24, 2.45) is 10.9 Å². The van der Waals surface area contributed by atoms with E-state index in [0.29, 0.717) is 21.2 Å². The molecule has 0 radical (unpaired) electrons. The topological polar surface area (TPSA) is 87.7 Å². The third-order valence-electron chi connectivity index (χ3n) is 2.48. The smallest absolute Gasteiger partial charge is 0.265 e. The predicted molar refractivity (Wildman–Crippen MR) is 91.6 cm³/mol. The molecule has 0 fully saturated rings. The van der Waals surface area contributed by atoms with Crippen molar-refractivity contribution in [3.8, 4) is 0 Å². The van der Waals surface area contributed by atoms with E-state index in [1.54, 1.807) is 18.2 Å². The monoisotopic (exact) mass is 451 g/mol. The fourth-order valence-electron chi connectivity index (χ4n) is 1.54. The van der Waals surface area contributed by atoms with E-state index in [1.165, 1.54) is 17.4 Å². The number of hydrogen-bond acceptors (Lipinski definition) is 4. The molecule has 0 aliphatic heterocycles. The number of amides is 1. The van der Waals surface area contributed by atoms with E-state index >= 15 is 0 Å². The van der Waals surface area contributed by atoms with Crippen molar-refractivity contribution in [2.45, 2.75) is 0 Å². The lowest BCUT2D eigenvalue weighted by molar-refractivity contribution is 0.103. The van der Waals surface area contributed by atoms with Gasteiger partial charge < -0.3 is 16.3 Å². The molecule has 1 aromatic heterocycles. The van der Waals surface area contributed by atoms with Crippen molar-refractivity contribution < 1.29 is 10.0 Å². The van der Waals surface area contributed by atoms with Crippen LogP contribution in [0.15, 0.2) is 37.7 Å². The highest BCUT2D eigenvalue weighted by Crippen LogP contribution is 2.33. The highest BCUT2D eigenvalue weighted by atomic mass is 79.9. The minimum Gasteiger partial charge on any atom is -0.409 e. The van der Waals surface area contributed by atoms with Gasteiger partial charge in [0.05, 0.1) is 14.4 Å². The van der Waals surface area contributed by atoms with Gasteiger partial charge in [0.15, 0.2) is 5.84 Å². The maximum absolute atomic E-state index is 12.2. The van der Waals surface area contributed by atoms with E-state index in [-0.39, 0.29) is 11.7 Å². The molecular formula is C12H8Br2ClN3O2S. The van der Waals surface area contributed by atoms with E-state index in [1.807, 2.05) is 0 Å². The van der Waals surface area contributed by atoms with Crippen LogP contribution in [0.25, 0.3) is 0 Å². The molecule has 0 spiro atoms. The van der Waals surface area contributed by atoms with Crippen LogP contribution < -0.4 is 11.1 Å². The summed E-state index contributed by atoms with van der Waals surface area (Å²) in [5.74, 6) is -0.434. The number of nitrogens with zero attached hydrogens (tertiary/aromatic N) is 1. The first-order chi connectivity index (χ1) is 9.92. The van der Waals surface area contributed by atoms with Crippen LogP contribution in [0.5, 0.6) is 0 Å². The molecule has 21 heavy (non-hydrogen) atoms. The Morgan fingerprint density at radius 1 is 1.38 bits per heavy atom. The lowest BCUT2D eigenvalue weighted by Crippen LogP contribution is -2.18. The van der Waals surface area contributed by atoms with Crippen LogP contribution >= 0.6 is 54.8 Å². The molecule has 0 saturated heterocycles. The standard InChI is InChI=1S/C12H8Br2ClN3O2S/c13-7-4-9(21-10(7)14)12(19)17-8-3-5(15)1-2-6(8)11(16)18-20/h1-4,20H,(H2,16,18)(H,17,19). The van der Waals surface area contributed by atoms with Crippen LogP contribution in [-0.2, 0) is 0 Å². The molecule has 2 aromatic rings. The fraction of sp³-hybridized carbons (Fsp3) is 0. The Balaban J connectivity index is 2.34. The molecule has 0 aliphatic rings. The molecule has 9 heteroatoms. The molecule has 0 unspecified atom stereocenters. The summed E-state index contributed by atoms with van der Waals surface area (Å²) in [6, 6.07) is 6.37. The van der Waals surface area contributed by atoms with Gasteiger partial charge in [-0.15, -0.1) is 11.3 Å². The number of halogens is 3. The van der Waals surface area contributed by atoms with Gasteiger partial charge in [-0.3, -0.25) is 4.79 Å². The third-order valence-corrected chi connectivity index (χ3v) is 5.97. The van der Waals surface area contributed by atoms with E-state index < -0.39 is 0 Å². The van der Waals surface area contributed by atoms with Gasteiger partial charge in [0.25, 0.3) is 5.91 Å². The minimum atomic E-state index is -0.319. The second kappa shape index (κ2) is 6.78. The second-order valence-electron chi connectivity index (χ2n) is 3.86. The average molecular weight is 454 g/mol. The number of nitrogens with one attached hydrogen (secondary N) is 1. The number of carbonyl (C=O) groups excluding carboxylic acids is 1. The van der Waals surface area contributed by atoms with E-state index in [0.717, 1.165) is 8.26 Å². The molecule has 1 amide bonds. The van der Waals surface area contributed by atoms with Gasteiger partial charge in [0.1, 0.15) is 0 Å². The van der Waals surface area contributed by atoms with Crippen LogP contribution in [0.2, 0.25) is 5.02 Å². The number of carbonyl (C=O) groups is 1. The first-order valence-corrected chi connectivity index (χ1v) is 8.24. The molecule has 0 aliphatic carbocycles. The molecule has 4 N–H and O–H groups in total. The number of thiophene rings is 1. The fourth-order valence-corrected chi connectivity index (χ4v) is 3.64. The summed E-state index contributed by atoms with van der Waals surface area (Å²) in [7, 11) is 0. The van der Waals surface area contributed by atoms with Crippen molar-refractivity contribution in [1.29, 1.82) is 0 Å². The molecule has 0 saturated carbocycles. The van der Waals surface area contributed by atoms with Crippen molar-refractivity contribution in [2.75, 3.05) is 5.32 Å². The van der Waals surface area contributed by atoms with Crippen molar-refractivity contribution in [1.82, 2.24) is 0 Å². The van der Waals surface area contributed by atoms with E-state index in [4.69, 9.17) is 22.5 Å². The molecule has 0 atom stereocenters. The summed E-state index contributed by atoms with van der Waals surface area (Å²) < 4.78 is 1.61. The van der Waals surface area contributed by atoms with Gasteiger partial charge in [0, 0.05) is 15.1 Å². The summed E-state index contributed by atoms with van der Waals surface area (Å²) in [6.45, 7) is 0. The highest BCUT2D eigenvalue weighted by Gasteiger charge is 2.15. The Morgan fingerprint density at radius 3 is 2.67 bits per heavy atom. The number of amidine groups is 1. The quantitative estimate of drug-likeness (QED) is 0.281. The van der Waals surface area contributed by atoms with Crippen molar-refractivity contribution in [3.05, 3.63) is 48.0 Å².